The summed E-state index contributed by atoms with van der Waals surface area (Å²) in [6.07, 6.45) is 14.6. The fourth-order valence-corrected chi connectivity index (χ4v) is 2.68. The van der Waals surface area contributed by atoms with E-state index in [0.717, 1.165) is 25.7 Å². The molecule has 0 fully saturated rings. The van der Waals surface area contributed by atoms with Crippen molar-refractivity contribution in [3.05, 3.63) is 0 Å². The summed E-state index contributed by atoms with van der Waals surface area (Å²) in [7, 11) is 0. The van der Waals surface area contributed by atoms with E-state index in [0.29, 0.717) is 6.42 Å². The van der Waals surface area contributed by atoms with Crippen LogP contribution in [0, 0.1) is 0 Å². The number of carbonyl (C=O) groups excluding carboxylic acids is 2. The average molecular weight is 363 g/mol. The molecule has 21 heavy (non-hydrogen) atoms. The van der Waals surface area contributed by atoms with Crippen molar-refractivity contribution >= 4 is 27.7 Å². The number of hydrogen-bond donors (Lipinski definition) is 2. The van der Waals surface area contributed by atoms with Crippen LogP contribution in [-0.2, 0) is 9.59 Å². The van der Waals surface area contributed by atoms with Gasteiger partial charge >= 0.3 is 0 Å². The van der Waals surface area contributed by atoms with Crippen LogP contribution < -0.4 is 11.5 Å². The van der Waals surface area contributed by atoms with E-state index < -0.39 is 0 Å². The van der Waals surface area contributed by atoms with Crippen LogP contribution in [-0.4, -0.2) is 16.6 Å². The van der Waals surface area contributed by atoms with Gasteiger partial charge in [0.2, 0.25) is 11.8 Å². The molecule has 0 heterocycles. The van der Waals surface area contributed by atoms with Crippen molar-refractivity contribution in [3.63, 3.8) is 0 Å². The maximum atomic E-state index is 10.8. The predicted molar refractivity (Wildman–Crippen MR) is 91.1 cm³/mol. The summed E-state index contributed by atoms with van der Waals surface area (Å²) in [4.78, 5) is 21.2. The highest BCUT2D eigenvalue weighted by atomic mass is 79.9. The van der Waals surface area contributed by atoms with Gasteiger partial charge in [0.25, 0.3) is 0 Å². The monoisotopic (exact) mass is 362 g/mol. The number of carbonyl (C=O) groups is 2. The predicted octanol–water partition coefficient (Wildman–Crippen LogP) is 3.79. The summed E-state index contributed by atoms with van der Waals surface area (Å²) in [5.41, 5.74) is 10.3. The van der Waals surface area contributed by atoms with Crippen molar-refractivity contribution in [2.75, 3.05) is 0 Å². The fraction of sp³-hybridized carbons (Fsp3) is 0.875. The Bertz CT molecular complexity index is 285. The third kappa shape index (κ3) is 15.6. The molecule has 0 aliphatic carbocycles. The third-order valence-electron chi connectivity index (χ3n) is 3.69. The highest BCUT2D eigenvalue weighted by Gasteiger charge is 2.09. The van der Waals surface area contributed by atoms with Gasteiger partial charge in [0.1, 0.15) is 0 Å². The SMILES string of the molecule is NC(=O)CCCCCCCCCCCCCC(Br)C(N)=O. The molecule has 0 rings (SSSR count). The van der Waals surface area contributed by atoms with E-state index in [9.17, 15) is 9.59 Å². The van der Waals surface area contributed by atoms with Crippen LogP contribution in [0.4, 0.5) is 0 Å². The number of halogens is 1. The molecule has 2 amide bonds. The minimum Gasteiger partial charge on any atom is -0.370 e. The van der Waals surface area contributed by atoms with Gasteiger partial charge in [-0.1, -0.05) is 80.1 Å². The zero-order valence-corrected chi connectivity index (χ0v) is 14.7. The molecule has 0 aromatic carbocycles. The van der Waals surface area contributed by atoms with Crippen molar-refractivity contribution in [1.29, 1.82) is 0 Å². The van der Waals surface area contributed by atoms with Gasteiger partial charge in [-0.25, -0.2) is 0 Å². The van der Waals surface area contributed by atoms with Gasteiger partial charge in [-0.3, -0.25) is 9.59 Å². The van der Waals surface area contributed by atoms with Crippen LogP contribution in [0.25, 0.3) is 0 Å². The summed E-state index contributed by atoms with van der Waals surface area (Å²) >= 11 is 3.28. The largest absolute Gasteiger partial charge is 0.370 e. The average Bonchev–Trinajstić information content (AvgIpc) is 2.43. The topological polar surface area (TPSA) is 86.2 Å². The molecule has 0 aliphatic heterocycles. The number of alkyl halides is 1. The second-order valence-corrected chi connectivity index (χ2v) is 6.87. The molecule has 1 unspecified atom stereocenters. The normalized spacial score (nSPS) is 12.2. The molecule has 0 saturated heterocycles. The summed E-state index contributed by atoms with van der Waals surface area (Å²) in [5.74, 6) is -0.442. The highest BCUT2D eigenvalue weighted by molar-refractivity contribution is 9.10. The van der Waals surface area contributed by atoms with Gasteiger partial charge in [0, 0.05) is 6.42 Å². The van der Waals surface area contributed by atoms with Crippen molar-refractivity contribution in [1.82, 2.24) is 0 Å². The molecule has 1 atom stereocenters. The molecule has 0 aliphatic rings. The van der Waals surface area contributed by atoms with Gasteiger partial charge in [-0.2, -0.15) is 0 Å². The summed E-state index contributed by atoms with van der Waals surface area (Å²) in [5, 5.41) is 0. The van der Waals surface area contributed by atoms with E-state index >= 15 is 0 Å². The van der Waals surface area contributed by atoms with Gasteiger partial charge in [0.05, 0.1) is 4.83 Å². The smallest absolute Gasteiger partial charge is 0.231 e. The van der Waals surface area contributed by atoms with Crippen molar-refractivity contribution in [2.45, 2.75) is 88.3 Å². The molecule has 0 aromatic heterocycles. The van der Waals surface area contributed by atoms with E-state index in [4.69, 9.17) is 11.5 Å². The molecule has 0 radical (unpaired) electrons. The molecule has 5 heteroatoms. The quantitative estimate of drug-likeness (QED) is 0.343. The minimum atomic E-state index is -0.258. The minimum absolute atomic E-state index is 0.160. The van der Waals surface area contributed by atoms with Crippen LogP contribution in [0.2, 0.25) is 0 Å². The third-order valence-corrected chi connectivity index (χ3v) is 4.60. The molecular formula is C16H31BrN2O2. The maximum Gasteiger partial charge on any atom is 0.231 e. The molecule has 0 bridgehead atoms. The lowest BCUT2D eigenvalue weighted by molar-refractivity contribution is -0.118. The zero-order valence-electron chi connectivity index (χ0n) is 13.1. The molecule has 124 valence electrons. The lowest BCUT2D eigenvalue weighted by Gasteiger charge is -2.05. The Kier molecular flexibility index (Phi) is 14.0. The molecule has 0 saturated carbocycles. The first-order valence-corrected chi connectivity index (χ1v) is 9.17. The second-order valence-electron chi connectivity index (χ2n) is 5.76. The van der Waals surface area contributed by atoms with E-state index in [1.165, 1.54) is 51.4 Å². The maximum absolute atomic E-state index is 10.8. The molecule has 0 spiro atoms. The van der Waals surface area contributed by atoms with Crippen molar-refractivity contribution < 1.29 is 9.59 Å². The molecule has 0 aromatic rings. The van der Waals surface area contributed by atoms with Gasteiger partial charge in [-0.15, -0.1) is 0 Å². The number of hydrogen-bond acceptors (Lipinski definition) is 2. The lowest BCUT2D eigenvalue weighted by atomic mass is 10.0. The Morgan fingerprint density at radius 3 is 1.48 bits per heavy atom. The lowest BCUT2D eigenvalue weighted by Crippen LogP contribution is -2.22. The number of nitrogens with two attached hydrogens (primary N) is 2. The van der Waals surface area contributed by atoms with Gasteiger partial charge in [-0.05, 0) is 12.8 Å². The Balaban J connectivity index is 3.09. The number of amides is 2. The van der Waals surface area contributed by atoms with Crippen molar-refractivity contribution in [3.8, 4) is 0 Å². The van der Waals surface area contributed by atoms with E-state index in [2.05, 4.69) is 15.9 Å². The number of unbranched alkanes of at least 4 members (excludes halogenated alkanes) is 10. The van der Waals surface area contributed by atoms with E-state index in [1.807, 2.05) is 0 Å². The van der Waals surface area contributed by atoms with Crippen LogP contribution in [0.5, 0.6) is 0 Å². The van der Waals surface area contributed by atoms with Crippen LogP contribution in [0.15, 0.2) is 0 Å². The Morgan fingerprint density at radius 1 is 0.714 bits per heavy atom. The molecular weight excluding hydrogens is 332 g/mol. The van der Waals surface area contributed by atoms with Crippen molar-refractivity contribution in [2.24, 2.45) is 11.5 Å². The summed E-state index contributed by atoms with van der Waals surface area (Å²) in [6.45, 7) is 0. The van der Waals surface area contributed by atoms with E-state index in [1.54, 1.807) is 0 Å². The fourth-order valence-electron chi connectivity index (χ4n) is 2.36. The zero-order chi connectivity index (χ0) is 15.9. The Labute approximate surface area is 137 Å². The number of rotatable bonds is 15. The summed E-state index contributed by atoms with van der Waals surface area (Å²) < 4.78 is 0. The Morgan fingerprint density at radius 2 is 1.10 bits per heavy atom. The molecule has 4 N–H and O–H groups in total. The van der Waals surface area contributed by atoms with Gasteiger partial charge < -0.3 is 11.5 Å². The van der Waals surface area contributed by atoms with Gasteiger partial charge in [0.15, 0.2) is 0 Å². The molecule has 4 nitrogen and oxygen atoms in total. The standard InChI is InChI=1S/C16H31BrN2O2/c17-14(16(19)21)12-10-8-6-4-2-1-3-5-7-9-11-13-15(18)20/h14H,1-13H2,(H2,18,20)(H2,19,21). The van der Waals surface area contributed by atoms with Crippen LogP contribution >= 0.6 is 15.9 Å². The summed E-state index contributed by atoms with van der Waals surface area (Å²) in [6, 6.07) is 0. The van der Waals surface area contributed by atoms with E-state index in [-0.39, 0.29) is 16.6 Å². The highest BCUT2D eigenvalue weighted by Crippen LogP contribution is 2.14. The second kappa shape index (κ2) is 14.4. The van der Waals surface area contributed by atoms with Crippen LogP contribution in [0.1, 0.15) is 83.5 Å². The first kappa shape index (κ1) is 20.4. The number of primary amides is 2. The van der Waals surface area contributed by atoms with Crippen LogP contribution in [0.3, 0.4) is 0 Å². The first-order chi connectivity index (χ1) is 10.0. The first-order valence-electron chi connectivity index (χ1n) is 8.25. The Hall–Kier alpha value is -0.580.